The van der Waals surface area contributed by atoms with Crippen LogP contribution in [0.3, 0.4) is 0 Å². The highest BCUT2D eigenvalue weighted by atomic mass is 79.9. The van der Waals surface area contributed by atoms with Crippen molar-refractivity contribution in [2.24, 2.45) is 0 Å². The molecule has 5 aromatic rings. The van der Waals surface area contributed by atoms with Crippen molar-refractivity contribution in [2.45, 2.75) is 0 Å². The number of nitrogens with zero attached hydrogens (tertiary/aromatic N) is 2. The molecular formula is C30H19BrN2O6. The molecule has 9 heteroatoms. The van der Waals surface area contributed by atoms with Gasteiger partial charge in [0.1, 0.15) is 11.5 Å². The number of non-ortho nitro benzene ring substituents is 1. The van der Waals surface area contributed by atoms with E-state index < -0.39 is 17.5 Å². The van der Waals surface area contributed by atoms with Crippen LogP contribution in [0.15, 0.2) is 108 Å². The maximum absolute atomic E-state index is 13.1. The Morgan fingerprint density at radius 1 is 0.846 bits per heavy atom. The Hall–Kier alpha value is -4.89. The standard InChI is InChI=1S/C30H19BrN2O6/c31-21-8-15-27-25(16-21)26(17-28(32-27)19-4-2-1-3-5-19)30(35)38-18-29(34)20-6-11-23(12-7-20)39-24-13-9-22(10-14-24)33(36)37/h1-17H,18H2. The third kappa shape index (κ3) is 6.00. The number of hydrogen-bond acceptors (Lipinski definition) is 7. The topological polar surface area (TPSA) is 109 Å². The van der Waals surface area contributed by atoms with Gasteiger partial charge in [0.15, 0.2) is 12.4 Å². The van der Waals surface area contributed by atoms with E-state index in [-0.39, 0.29) is 11.5 Å². The minimum Gasteiger partial charge on any atom is -0.457 e. The van der Waals surface area contributed by atoms with Gasteiger partial charge in [-0.3, -0.25) is 14.9 Å². The number of nitro benzene ring substituents is 1. The molecule has 1 aromatic heterocycles. The van der Waals surface area contributed by atoms with E-state index in [2.05, 4.69) is 20.9 Å². The van der Waals surface area contributed by atoms with E-state index >= 15 is 0 Å². The van der Waals surface area contributed by atoms with Crippen LogP contribution in [0.4, 0.5) is 5.69 Å². The molecule has 5 rings (SSSR count). The molecule has 0 bridgehead atoms. The SMILES string of the molecule is O=C(COC(=O)c1cc(-c2ccccc2)nc2ccc(Br)cc12)c1ccc(Oc2ccc([N+](=O)[O-])cc2)cc1. The van der Waals surface area contributed by atoms with E-state index in [0.29, 0.717) is 39.2 Å². The van der Waals surface area contributed by atoms with Crippen LogP contribution < -0.4 is 4.74 Å². The van der Waals surface area contributed by atoms with Crippen molar-refractivity contribution in [2.75, 3.05) is 6.61 Å². The lowest BCUT2D eigenvalue weighted by molar-refractivity contribution is -0.384. The fourth-order valence-electron chi connectivity index (χ4n) is 3.90. The number of halogens is 1. The van der Waals surface area contributed by atoms with Crippen molar-refractivity contribution >= 4 is 44.3 Å². The Bertz CT molecular complexity index is 1690. The van der Waals surface area contributed by atoms with Crippen molar-refractivity contribution in [1.29, 1.82) is 0 Å². The van der Waals surface area contributed by atoms with Crippen LogP contribution in [0.1, 0.15) is 20.7 Å². The van der Waals surface area contributed by atoms with Gasteiger partial charge in [-0.2, -0.15) is 0 Å². The Morgan fingerprint density at radius 2 is 1.51 bits per heavy atom. The first-order valence-electron chi connectivity index (χ1n) is 11.8. The molecule has 0 radical (unpaired) electrons. The van der Waals surface area contributed by atoms with Gasteiger partial charge in [-0.05, 0) is 60.7 Å². The first-order valence-corrected chi connectivity index (χ1v) is 12.5. The number of rotatable bonds is 8. The Morgan fingerprint density at radius 3 is 2.18 bits per heavy atom. The van der Waals surface area contributed by atoms with E-state index in [0.717, 1.165) is 10.0 Å². The van der Waals surface area contributed by atoms with Gasteiger partial charge in [-0.15, -0.1) is 0 Å². The van der Waals surface area contributed by atoms with Crippen molar-refractivity contribution in [3.63, 3.8) is 0 Å². The summed E-state index contributed by atoms with van der Waals surface area (Å²) in [4.78, 5) is 40.9. The van der Waals surface area contributed by atoms with Gasteiger partial charge in [-0.25, -0.2) is 9.78 Å². The average molecular weight is 583 g/mol. The van der Waals surface area contributed by atoms with Gasteiger partial charge in [0.25, 0.3) is 5.69 Å². The minimum atomic E-state index is -0.635. The van der Waals surface area contributed by atoms with E-state index in [9.17, 15) is 19.7 Å². The number of fused-ring (bicyclic) bond motifs is 1. The lowest BCUT2D eigenvalue weighted by Crippen LogP contribution is -2.15. The van der Waals surface area contributed by atoms with E-state index in [4.69, 9.17) is 9.47 Å². The zero-order chi connectivity index (χ0) is 27.4. The van der Waals surface area contributed by atoms with Crippen molar-refractivity contribution in [3.8, 4) is 22.8 Å². The molecule has 0 aliphatic carbocycles. The molecule has 8 nitrogen and oxygen atoms in total. The smallest absolute Gasteiger partial charge is 0.339 e. The van der Waals surface area contributed by atoms with E-state index in [1.54, 1.807) is 36.4 Å². The van der Waals surface area contributed by atoms with Gasteiger partial charge in [0, 0.05) is 33.1 Å². The zero-order valence-corrected chi connectivity index (χ0v) is 21.8. The second kappa shape index (κ2) is 11.2. The number of Topliss-reactive ketones (excluding diaryl/α,β-unsaturated/α-hetero) is 1. The Labute approximate surface area is 231 Å². The van der Waals surface area contributed by atoms with E-state index in [1.807, 2.05) is 42.5 Å². The number of esters is 1. The average Bonchev–Trinajstić information content (AvgIpc) is 2.96. The molecule has 0 saturated carbocycles. The predicted octanol–water partition coefficient (Wildman–Crippen LogP) is 7.40. The van der Waals surface area contributed by atoms with Gasteiger partial charge >= 0.3 is 5.97 Å². The number of aromatic nitrogens is 1. The summed E-state index contributed by atoms with van der Waals surface area (Å²) in [6.07, 6.45) is 0. The molecule has 1 heterocycles. The molecule has 0 N–H and O–H groups in total. The molecule has 4 aromatic carbocycles. The van der Waals surface area contributed by atoms with Crippen LogP contribution in [0.25, 0.3) is 22.2 Å². The molecule has 0 unspecified atom stereocenters. The highest BCUT2D eigenvalue weighted by molar-refractivity contribution is 9.10. The number of ketones is 1. The zero-order valence-electron chi connectivity index (χ0n) is 20.2. The summed E-state index contributed by atoms with van der Waals surface area (Å²) in [6, 6.07) is 28.6. The number of carbonyl (C=O) groups is 2. The number of ether oxygens (including phenoxy) is 2. The number of nitro groups is 1. The predicted molar refractivity (Wildman–Crippen MR) is 149 cm³/mol. The summed E-state index contributed by atoms with van der Waals surface area (Å²) in [7, 11) is 0. The largest absolute Gasteiger partial charge is 0.457 e. The summed E-state index contributed by atoms with van der Waals surface area (Å²) in [5.74, 6) is -0.156. The highest BCUT2D eigenvalue weighted by Gasteiger charge is 2.18. The van der Waals surface area contributed by atoms with Gasteiger partial charge in [-0.1, -0.05) is 46.3 Å². The maximum atomic E-state index is 13.1. The normalized spacial score (nSPS) is 10.7. The molecule has 192 valence electrons. The summed E-state index contributed by atoms with van der Waals surface area (Å²) in [6.45, 7) is -0.445. The molecule has 0 fully saturated rings. The lowest BCUT2D eigenvalue weighted by Gasteiger charge is -2.11. The summed E-state index contributed by atoms with van der Waals surface area (Å²) >= 11 is 3.44. The minimum absolute atomic E-state index is 0.0403. The van der Waals surface area contributed by atoms with Gasteiger partial charge < -0.3 is 9.47 Å². The first kappa shape index (κ1) is 25.7. The molecule has 0 spiro atoms. The fourth-order valence-corrected chi connectivity index (χ4v) is 4.26. The number of benzene rings is 4. The second-order valence-corrected chi connectivity index (χ2v) is 9.37. The summed E-state index contributed by atoms with van der Waals surface area (Å²) in [5.41, 5.74) is 2.70. The quantitative estimate of drug-likeness (QED) is 0.0810. The molecule has 39 heavy (non-hydrogen) atoms. The molecule has 0 aliphatic rings. The van der Waals surface area contributed by atoms with Crippen LogP contribution in [0.5, 0.6) is 11.5 Å². The monoisotopic (exact) mass is 582 g/mol. The summed E-state index contributed by atoms with van der Waals surface area (Å²) in [5, 5.41) is 11.4. The molecule has 0 saturated heterocycles. The van der Waals surface area contributed by atoms with Crippen molar-refractivity contribution < 1.29 is 24.0 Å². The number of pyridine rings is 1. The van der Waals surface area contributed by atoms with Crippen LogP contribution in [-0.4, -0.2) is 28.3 Å². The first-order chi connectivity index (χ1) is 18.9. The van der Waals surface area contributed by atoms with Crippen LogP contribution in [0.2, 0.25) is 0 Å². The molecule has 0 amide bonds. The molecular weight excluding hydrogens is 564 g/mol. The van der Waals surface area contributed by atoms with E-state index in [1.165, 1.54) is 24.3 Å². The third-order valence-corrected chi connectivity index (χ3v) is 6.35. The van der Waals surface area contributed by atoms with Gasteiger partial charge in [0.05, 0.1) is 21.7 Å². The van der Waals surface area contributed by atoms with Crippen molar-refractivity contribution in [3.05, 3.63) is 129 Å². The lowest BCUT2D eigenvalue weighted by atomic mass is 10.0. The van der Waals surface area contributed by atoms with Crippen molar-refractivity contribution in [1.82, 2.24) is 4.98 Å². The fraction of sp³-hybridized carbons (Fsp3) is 0.0333. The third-order valence-electron chi connectivity index (χ3n) is 5.85. The Kier molecular flexibility index (Phi) is 7.42. The maximum Gasteiger partial charge on any atom is 0.339 e. The molecule has 0 atom stereocenters. The van der Waals surface area contributed by atoms with Gasteiger partial charge in [0.2, 0.25) is 0 Å². The van der Waals surface area contributed by atoms with Crippen LogP contribution in [0, 0.1) is 10.1 Å². The highest BCUT2D eigenvalue weighted by Crippen LogP contribution is 2.28. The Balaban J connectivity index is 1.29. The van der Waals surface area contributed by atoms with Crippen LogP contribution in [-0.2, 0) is 4.74 Å². The second-order valence-electron chi connectivity index (χ2n) is 8.46. The summed E-state index contributed by atoms with van der Waals surface area (Å²) < 4.78 is 11.9. The number of hydrogen-bond donors (Lipinski definition) is 0. The number of carbonyl (C=O) groups excluding carboxylic acids is 2. The van der Waals surface area contributed by atoms with Crippen LogP contribution >= 0.6 is 15.9 Å². The molecule has 0 aliphatic heterocycles.